The zero-order chi connectivity index (χ0) is 30.8. The quantitative estimate of drug-likeness (QED) is 0.175. The van der Waals surface area contributed by atoms with Crippen molar-refractivity contribution in [2.75, 3.05) is 24.7 Å². The summed E-state index contributed by atoms with van der Waals surface area (Å²) >= 11 is 1.53. The van der Waals surface area contributed by atoms with Crippen molar-refractivity contribution in [2.45, 2.75) is 105 Å². The number of phenolic OH excluding ortho intramolecular Hbond substituents is 2. The third-order valence-corrected chi connectivity index (χ3v) is 7.88. The van der Waals surface area contributed by atoms with Gasteiger partial charge in [-0.1, -0.05) is 76.9 Å². The summed E-state index contributed by atoms with van der Waals surface area (Å²) in [6.07, 6.45) is 3.16. The first-order chi connectivity index (χ1) is 19.1. The van der Waals surface area contributed by atoms with Crippen molar-refractivity contribution in [2.24, 2.45) is 0 Å². The van der Waals surface area contributed by atoms with Gasteiger partial charge in [0.15, 0.2) is 0 Å². The molecule has 2 rings (SSSR count). The van der Waals surface area contributed by atoms with Gasteiger partial charge in [-0.15, -0.1) is 0 Å². The number of benzene rings is 2. The molecule has 0 heterocycles. The summed E-state index contributed by atoms with van der Waals surface area (Å²) in [5, 5.41) is 21.3. The van der Waals surface area contributed by atoms with Gasteiger partial charge in [-0.3, -0.25) is 9.59 Å². The third-order valence-electron chi connectivity index (χ3n) is 6.89. The Morgan fingerprint density at radius 1 is 0.683 bits per heavy atom. The van der Waals surface area contributed by atoms with Crippen molar-refractivity contribution < 1.29 is 29.3 Å². The molecule has 0 aromatic heterocycles. The molecular weight excluding hydrogens is 536 g/mol. The normalized spacial score (nSPS) is 11.9. The minimum absolute atomic E-state index is 0.144. The summed E-state index contributed by atoms with van der Waals surface area (Å²) < 4.78 is 10.7. The minimum atomic E-state index is -0.252. The van der Waals surface area contributed by atoms with Crippen molar-refractivity contribution in [3.63, 3.8) is 0 Å². The first-order valence-electron chi connectivity index (χ1n) is 14.6. The van der Waals surface area contributed by atoms with Gasteiger partial charge in [0.05, 0.1) is 26.1 Å². The fourth-order valence-electron chi connectivity index (χ4n) is 4.69. The van der Waals surface area contributed by atoms with E-state index in [0.717, 1.165) is 33.4 Å². The van der Waals surface area contributed by atoms with Crippen molar-refractivity contribution in [3.05, 3.63) is 57.6 Å². The van der Waals surface area contributed by atoms with Crippen LogP contribution < -0.4 is 0 Å². The highest BCUT2D eigenvalue weighted by Gasteiger charge is 2.22. The maximum atomic E-state index is 12.1. The molecule has 0 aliphatic carbocycles. The summed E-state index contributed by atoms with van der Waals surface area (Å²) in [5.41, 5.74) is 5.57. The summed E-state index contributed by atoms with van der Waals surface area (Å²) in [6.45, 7) is 17.2. The van der Waals surface area contributed by atoms with E-state index in [-0.39, 0.29) is 22.8 Å². The Bertz CT molecular complexity index is 1080. The Labute approximate surface area is 251 Å². The number of ether oxygens (including phenoxy) is 2. The zero-order valence-electron chi connectivity index (χ0n) is 26.3. The molecule has 7 heteroatoms. The lowest BCUT2D eigenvalue weighted by atomic mass is 9.83. The highest BCUT2D eigenvalue weighted by atomic mass is 32.2. The molecule has 0 radical (unpaired) electrons. The second-order valence-corrected chi connectivity index (χ2v) is 14.1. The molecule has 0 spiro atoms. The van der Waals surface area contributed by atoms with Crippen LogP contribution in [0, 0.1) is 13.8 Å². The Kier molecular flexibility index (Phi) is 13.1. The van der Waals surface area contributed by atoms with Crippen molar-refractivity contribution in [1.82, 2.24) is 0 Å². The zero-order valence-corrected chi connectivity index (χ0v) is 27.1. The predicted octanol–water partition coefficient (Wildman–Crippen LogP) is 7.47. The van der Waals surface area contributed by atoms with E-state index in [2.05, 4.69) is 41.5 Å². The number of rotatable bonds is 14. The van der Waals surface area contributed by atoms with Gasteiger partial charge in [0.25, 0.3) is 0 Å². The Morgan fingerprint density at radius 3 is 1.39 bits per heavy atom. The van der Waals surface area contributed by atoms with Gasteiger partial charge in [0, 0.05) is 11.5 Å². The number of carbonyl (C=O) groups is 2. The summed E-state index contributed by atoms with van der Waals surface area (Å²) in [4.78, 5) is 24.2. The molecule has 0 saturated carbocycles. The van der Waals surface area contributed by atoms with Crippen molar-refractivity contribution >= 4 is 23.7 Å². The molecule has 0 amide bonds. The topological polar surface area (TPSA) is 93.1 Å². The first kappa shape index (κ1) is 34.5. The lowest BCUT2D eigenvalue weighted by Gasteiger charge is -2.23. The van der Waals surface area contributed by atoms with E-state index in [1.165, 1.54) is 11.8 Å². The SMILES string of the molecule is Cc1cc(CCCOC(=O)CCSCCC(=O)OCCCc2cc(C)cc(C(C)(C)C)c2O)c(O)c(C(C)(C)C)c1. The smallest absolute Gasteiger partial charge is 0.306 e. The van der Waals surface area contributed by atoms with Crippen LogP contribution in [0.4, 0.5) is 0 Å². The van der Waals surface area contributed by atoms with Gasteiger partial charge < -0.3 is 19.7 Å². The number of hydrogen-bond acceptors (Lipinski definition) is 7. The fourth-order valence-corrected chi connectivity index (χ4v) is 5.51. The number of carbonyl (C=O) groups excluding carboxylic acids is 2. The standard InChI is InChI=1S/C34H50O6S/c1-23-19-25(31(37)27(21-23)33(3,4)5)11-9-15-39-29(35)13-17-41-18-14-30(36)40-16-10-12-26-20-24(2)22-28(32(26)38)34(6,7)8/h19-22,37-38H,9-18H2,1-8H3. The van der Waals surface area contributed by atoms with Gasteiger partial charge in [-0.25, -0.2) is 0 Å². The van der Waals surface area contributed by atoms with E-state index in [1.807, 2.05) is 38.1 Å². The average molecular weight is 587 g/mol. The molecule has 0 saturated heterocycles. The van der Waals surface area contributed by atoms with E-state index in [9.17, 15) is 19.8 Å². The van der Waals surface area contributed by atoms with Crippen molar-refractivity contribution in [3.8, 4) is 11.5 Å². The lowest BCUT2D eigenvalue weighted by molar-refractivity contribution is -0.144. The van der Waals surface area contributed by atoms with E-state index < -0.39 is 0 Å². The Morgan fingerprint density at radius 2 is 1.05 bits per heavy atom. The van der Waals surface area contributed by atoms with Crippen LogP contribution in [0.15, 0.2) is 24.3 Å². The molecule has 228 valence electrons. The van der Waals surface area contributed by atoms with Crippen LogP contribution in [0.1, 0.15) is 101 Å². The van der Waals surface area contributed by atoms with Crippen LogP contribution in [-0.4, -0.2) is 46.9 Å². The van der Waals surface area contributed by atoms with Gasteiger partial charge in [-0.2, -0.15) is 11.8 Å². The Balaban J connectivity index is 1.58. The molecule has 41 heavy (non-hydrogen) atoms. The lowest BCUT2D eigenvalue weighted by Crippen LogP contribution is -2.13. The molecule has 0 aliphatic rings. The summed E-state index contributed by atoms with van der Waals surface area (Å²) in [6, 6.07) is 8.03. The highest BCUT2D eigenvalue weighted by molar-refractivity contribution is 7.99. The van der Waals surface area contributed by atoms with E-state index in [4.69, 9.17) is 9.47 Å². The second kappa shape index (κ2) is 15.5. The molecule has 6 nitrogen and oxygen atoms in total. The minimum Gasteiger partial charge on any atom is -0.507 e. The van der Waals surface area contributed by atoms with Crippen LogP contribution in [0.2, 0.25) is 0 Å². The maximum absolute atomic E-state index is 12.1. The fraction of sp³-hybridized carbons (Fsp3) is 0.588. The largest absolute Gasteiger partial charge is 0.507 e. The van der Waals surface area contributed by atoms with E-state index >= 15 is 0 Å². The molecule has 2 aromatic rings. The molecule has 0 fully saturated rings. The molecule has 2 N–H and O–H groups in total. The van der Waals surface area contributed by atoms with Crippen LogP contribution in [-0.2, 0) is 42.7 Å². The van der Waals surface area contributed by atoms with E-state index in [1.54, 1.807) is 0 Å². The van der Waals surface area contributed by atoms with Gasteiger partial charge in [0.1, 0.15) is 11.5 Å². The van der Waals surface area contributed by atoms with Crippen molar-refractivity contribution in [1.29, 1.82) is 0 Å². The van der Waals surface area contributed by atoms with Gasteiger partial charge >= 0.3 is 11.9 Å². The number of aromatic hydroxyl groups is 2. The monoisotopic (exact) mass is 586 g/mol. The molecule has 0 bridgehead atoms. The number of hydrogen-bond donors (Lipinski definition) is 2. The molecular formula is C34H50O6S. The molecule has 0 aliphatic heterocycles. The highest BCUT2D eigenvalue weighted by Crippen LogP contribution is 2.36. The molecule has 2 aromatic carbocycles. The first-order valence-corrected chi connectivity index (χ1v) is 15.8. The number of esters is 2. The predicted molar refractivity (Wildman–Crippen MR) is 168 cm³/mol. The van der Waals surface area contributed by atoms with Gasteiger partial charge in [0.2, 0.25) is 0 Å². The van der Waals surface area contributed by atoms with Crippen LogP contribution in [0.5, 0.6) is 11.5 Å². The molecule has 0 unspecified atom stereocenters. The summed E-state index contributed by atoms with van der Waals surface area (Å²) in [5.74, 6) is 1.34. The third kappa shape index (κ3) is 11.6. The maximum Gasteiger partial charge on any atom is 0.306 e. The summed E-state index contributed by atoms with van der Waals surface area (Å²) in [7, 11) is 0. The van der Waals surface area contributed by atoms with Crippen LogP contribution in [0.25, 0.3) is 0 Å². The van der Waals surface area contributed by atoms with Crippen LogP contribution >= 0.6 is 11.8 Å². The van der Waals surface area contributed by atoms with E-state index in [0.29, 0.717) is 74.7 Å². The van der Waals surface area contributed by atoms with Crippen LogP contribution in [0.3, 0.4) is 0 Å². The number of phenols is 2. The second-order valence-electron chi connectivity index (χ2n) is 12.9. The number of thioether (sulfide) groups is 1. The average Bonchev–Trinajstić information content (AvgIpc) is 2.86. The Hall–Kier alpha value is -2.67. The van der Waals surface area contributed by atoms with Gasteiger partial charge in [-0.05, 0) is 72.6 Å². The number of aryl methyl sites for hydroxylation is 4. The molecule has 0 atom stereocenters.